The van der Waals surface area contributed by atoms with Crippen LogP contribution in [0.1, 0.15) is 63.5 Å². The van der Waals surface area contributed by atoms with E-state index in [4.69, 9.17) is 9.98 Å². The Kier molecular flexibility index (Phi) is 9.70. The van der Waals surface area contributed by atoms with Gasteiger partial charge >= 0.3 is 0 Å². The molecule has 2 N–H and O–H groups in total. The fourth-order valence-corrected chi connectivity index (χ4v) is 13.4. The van der Waals surface area contributed by atoms with Gasteiger partial charge in [-0.15, -0.1) is 11.3 Å². The van der Waals surface area contributed by atoms with Gasteiger partial charge in [-0.25, -0.2) is 4.99 Å². The van der Waals surface area contributed by atoms with Crippen LogP contribution in [0.2, 0.25) is 0 Å². The Bertz CT molecular complexity index is 4060. The minimum atomic E-state index is -0.338. The number of thiophene rings is 1. The molecule has 6 heteroatoms. The van der Waals surface area contributed by atoms with Crippen LogP contribution in [0, 0.1) is 0 Å². The van der Waals surface area contributed by atoms with Crippen molar-refractivity contribution >= 4 is 60.4 Å². The summed E-state index contributed by atoms with van der Waals surface area (Å²) < 4.78 is 2.58. The molecule has 3 unspecified atom stereocenters. The highest BCUT2D eigenvalue weighted by Gasteiger charge is 2.39. The van der Waals surface area contributed by atoms with Crippen molar-refractivity contribution in [3.63, 3.8) is 0 Å². The third-order valence-electron chi connectivity index (χ3n) is 15.6. The molecule has 73 heavy (non-hydrogen) atoms. The van der Waals surface area contributed by atoms with E-state index in [2.05, 4.69) is 240 Å². The second kappa shape index (κ2) is 16.9. The Morgan fingerprint density at radius 2 is 1.16 bits per heavy atom. The van der Waals surface area contributed by atoms with Gasteiger partial charge in [0.1, 0.15) is 6.17 Å². The van der Waals surface area contributed by atoms with E-state index in [1.807, 2.05) is 17.4 Å². The second-order valence-electron chi connectivity index (χ2n) is 19.6. The number of guanidine groups is 1. The number of nitrogens with zero attached hydrogens (tertiary/aromatic N) is 3. The molecule has 0 saturated heterocycles. The summed E-state index contributed by atoms with van der Waals surface area (Å²) in [6.45, 7) is 0. The van der Waals surface area contributed by atoms with E-state index in [0.29, 0.717) is 11.8 Å². The van der Waals surface area contributed by atoms with Gasteiger partial charge in [-0.05, 0) is 117 Å². The molecule has 15 rings (SSSR count). The van der Waals surface area contributed by atoms with Crippen LogP contribution >= 0.6 is 11.3 Å². The SMILES string of the molecule is c1ccc(C2=NC(c3ccccc3)NC(N3c4ccc(-c5cccc6c5sc5ccc(-c7ccc8c(c7)-c7ccccc7C(c7ccccc7)CC8)cc56)cc4C4Nc5ccccc5-c5cccc3c54)=N2)cc1. The number of rotatable bonds is 5. The van der Waals surface area contributed by atoms with Crippen LogP contribution in [-0.4, -0.2) is 11.8 Å². The van der Waals surface area contributed by atoms with Gasteiger partial charge in [-0.1, -0.05) is 188 Å². The molecule has 0 amide bonds. The first kappa shape index (κ1) is 41.9. The van der Waals surface area contributed by atoms with Crippen molar-refractivity contribution in [1.29, 1.82) is 0 Å². The molecule has 1 aliphatic carbocycles. The summed E-state index contributed by atoms with van der Waals surface area (Å²) in [6.07, 6.45) is 1.80. The molecule has 5 nitrogen and oxygen atoms in total. The average molecular weight is 954 g/mol. The topological polar surface area (TPSA) is 52.0 Å². The van der Waals surface area contributed by atoms with Crippen LogP contribution in [0.4, 0.5) is 17.1 Å². The van der Waals surface area contributed by atoms with Crippen molar-refractivity contribution in [2.75, 3.05) is 10.2 Å². The van der Waals surface area contributed by atoms with E-state index in [0.717, 1.165) is 47.0 Å². The predicted molar refractivity (Wildman–Crippen MR) is 304 cm³/mol. The first-order valence-electron chi connectivity index (χ1n) is 25.4. The van der Waals surface area contributed by atoms with Crippen LogP contribution in [0.15, 0.2) is 241 Å². The fraction of sp³-hybridized carbons (Fsp3) is 0.0746. The summed E-state index contributed by atoms with van der Waals surface area (Å²) in [5.74, 6) is 1.80. The zero-order chi connectivity index (χ0) is 48.0. The normalized spacial score (nSPS) is 17.2. The molecule has 11 aromatic rings. The van der Waals surface area contributed by atoms with Crippen molar-refractivity contribution in [2.45, 2.75) is 31.0 Å². The fourth-order valence-electron chi connectivity index (χ4n) is 12.1. The molecule has 0 saturated carbocycles. The molecule has 3 aliphatic heterocycles. The van der Waals surface area contributed by atoms with Crippen LogP contribution in [0.25, 0.3) is 64.7 Å². The van der Waals surface area contributed by atoms with E-state index in [9.17, 15) is 0 Å². The molecule has 0 radical (unpaired) electrons. The van der Waals surface area contributed by atoms with E-state index >= 15 is 0 Å². The first-order chi connectivity index (χ1) is 36.2. The molecule has 10 aromatic carbocycles. The standard InChI is InChI=1S/C67H47N5S/c1-4-16-41(17-5-1)48-35-32-42-30-31-45(38-55(42)51-23-11-10-22-50(48)51)46-34-37-61-56(39-46)54-27-14-25-49(64(54)73-61)47-33-36-59-57(40-47)63-62-53(52-24-12-13-28-58(52)68-63)26-15-29-60(62)72(59)67-70-65(43-18-6-2-7-19-43)69-66(71-67)44-20-8-3-9-21-44/h1-31,33-34,36-40,48,63,65,68H,32,35H2,(H,69,70,71). The molecule has 0 fully saturated rings. The third kappa shape index (κ3) is 6.89. The maximum Gasteiger partial charge on any atom is 0.211 e. The van der Waals surface area contributed by atoms with Gasteiger partial charge in [-0.2, -0.15) is 4.99 Å². The molecule has 1 aromatic heterocycles. The smallest absolute Gasteiger partial charge is 0.211 e. The Morgan fingerprint density at radius 3 is 2.03 bits per heavy atom. The number of hydrogen-bond acceptors (Lipinski definition) is 6. The van der Waals surface area contributed by atoms with E-state index < -0.39 is 0 Å². The van der Waals surface area contributed by atoms with Gasteiger partial charge < -0.3 is 10.6 Å². The van der Waals surface area contributed by atoms with E-state index in [1.54, 1.807) is 0 Å². The summed E-state index contributed by atoms with van der Waals surface area (Å²) in [6, 6.07) is 84.4. The van der Waals surface area contributed by atoms with Crippen molar-refractivity contribution in [3.05, 3.63) is 269 Å². The molecule has 0 bridgehead atoms. The molecule has 346 valence electrons. The van der Waals surface area contributed by atoms with Crippen molar-refractivity contribution < 1.29 is 0 Å². The van der Waals surface area contributed by atoms with Gasteiger partial charge in [0, 0.05) is 54.0 Å². The lowest BCUT2D eigenvalue weighted by Crippen LogP contribution is -2.45. The second-order valence-corrected chi connectivity index (χ2v) is 20.7. The average Bonchev–Trinajstić information content (AvgIpc) is 3.76. The Balaban J connectivity index is 0.850. The monoisotopic (exact) mass is 953 g/mol. The van der Waals surface area contributed by atoms with Crippen LogP contribution in [0.3, 0.4) is 0 Å². The first-order valence-corrected chi connectivity index (χ1v) is 26.2. The highest BCUT2D eigenvalue weighted by atomic mass is 32.1. The quantitative estimate of drug-likeness (QED) is 0.181. The number of fused-ring (bicyclic) bond motifs is 10. The number of hydrogen-bond donors (Lipinski definition) is 2. The predicted octanol–water partition coefficient (Wildman–Crippen LogP) is 16.9. The lowest BCUT2D eigenvalue weighted by atomic mass is 9.81. The van der Waals surface area contributed by atoms with Gasteiger partial charge in [0.25, 0.3) is 0 Å². The van der Waals surface area contributed by atoms with E-state index in [1.165, 1.54) is 92.5 Å². The summed E-state index contributed by atoms with van der Waals surface area (Å²) >= 11 is 1.89. The number of nitrogens with one attached hydrogen (secondary N) is 2. The third-order valence-corrected chi connectivity index (χ3v) is 16.8. The van der Waals surface area contributed by atoms with Crippen LogP contribution in [-0.2, 0) is 6.42 Å². The Labute approximate surface area is 428 Å². The Morgan fingerprint density at radius 1 is 0.466 bits per heavy atom. The molecule has 0 spiro atoms. The zero-order valence-corrected chi connectivity index (χ0v) is 40.7. The molecular weight excluding hydrogens is 907 g/mol. The van der Waals surface area contributed by atoms with Gasteiger partial charge in [0.2, 0.25) is 5.96 Å². The Hall–Kier alpha value is -8.84. The lowest BCUT2D eigenvalue weighted by Gasteiger charge is -2.43. The molecule has 4 aliphatic rings. The summed E-state index contributed by atoms with van der Waals surface area (Å²) in [5, 5.41) is 10.4. The highest BCUT2D eigenvalue weighted by molar-refractivity contribution is 7.26. The zero-order valence-electron chi connectivity index (χ0n) is 39.8. The van der Waals surface area contributed by atoms with Gasteiger partial charge in [0.15, 0.2) is 5.84 Å². The van der Waals surface area contributed by atoms with Crippen LogP contribution < -0.4 is 15.5 Å². The lowest BCUT2D eigenvalue weighted by molar-refractivity contribution is 0.666. The minimum absolute atomic E-state index is 0.0926. The number of anilines is 3. The number of para-hydroxylation sites is 1. The molecule has 4 heterocycles. The van der Waals surface area contributed by atoms with Crippen LogP contribution in [0.5, 0.6) is 0 Å². The summed E-state index contributed by atoms with van der Waals surface area (Å²) in [4.78, 5) is 12.9. The summed E-state index contributed by atoms with van der Waals surface area (Å²) in [7, 11) is 0. The molecule has 3 atom stereocenters. The van der Waals surface area contributed by atoms with Gasteiger partial charge in [-0.3, -0.25) is 4.90 Å². The largest absolute Gasteiger partial charge is 0.373 e. The highest BCUT2D eigenvalue weighted by Crippen LogP contribution is 2.55. The van der Waals surface area contributed by atoms with Crippen molar-refractivity contribution in [3.8, 4) is 44.5 Å². The van der Waals surface area contributed by atoms with E-state index in [-0.39, 0.29) is 12.2 Å². The minimum Gasteiger partial charge on any atom is -0.373 e. The number of aliphatic imine (C=N–C) groups is 2. The number of benzene rings is 10. The maximum absolute atomic E-state index is 5.38. The number of aryl methyl sites for hydroxylation is 1. The van der Waals surface area contributed by atoms with Gasteiger partial charge in [0.05, 0.1) is 17.4 Å². The maximum atomic E-state index is 5.38. The van der Waals surface area contributed by atoms with Crippen molar-refractivity contribution in [1.82, 2.24) is 5.32 Å². The summed E-state index contributed by atoms with van der Waals surface area (Å²) in [5.41, 5.74) is 22.0. The van der Waals surface area contributed by atoms with Crippen molar-refractivity contribution in [2.24, 2.45) is 9.98 Å². The molecular formula is C67H47N5S. The number of amidine groups is 1.